The Hall–Kier alpha value is -0.960. The van der Waals surface area contributed by atoms with E-state index in [1.165, 1.54) is 0 Å². The van der Waals surface area contributed by atoms with Crippen molar-refractivity contribution in [2.24, 2.45) is 5.73 Å². The Kier molecular flexibility index (Phi) is 2.66. The fraction of sp³-hybridized carbons (Fsp3) is 0.600. The van der Waals surface area contributed by atoms with Gasteiger partial charge in [-0.05, 0) is 33.3 Å². The summed E-state index contributed by atoms with van der Waals surface area (Å²) in [6, 6.07) is 2.00. The minimum absolute atomic E-state index is 0.448. The maximum absolute atomic E-state index is 5.92. The molecule has 3 nitrogen and oxygen atoms in total. The Morgan fingerprint density at radius 3 is 2.46 bits per heavy atom. The van der Waals surface area contributed by atoms with Crippen LogP contribution in [-0.4, -0.2) is 9.97 Å². The molecule has 0 spiro atoms. The molecule has 1 aromatic rings. The highest BCUT2D eigenvalue weighted by Crippen LogP contribution is 2.13. The van der Waals surface area contributed by atoms with Crippen LogP contribution in [0.2, 0.25) is 0 Å². The van der Waals surface area contributed by atoms with E-state index in [1.807, 2.05) is 26.8 Å². The van der Waals surface area contributed by atoms with Crippen molar-refractivity contribution in [2.45, 2.75) is 39.7 Å². The fourth-order valence-corrected chi connectivity index (χ4v) is 1.10. The smallest absolute Gasteiger partial charge is 0.148 e. The molecule has 72 valence electrons. The average Bonchev–Trinajstić information content (AvgIpc) is 2.01. The van der Waals surface area contributed by atoms with Crippen LogP contribution in [0.25, 0.3) is 0 Å². The summed E-state index contributed by atoms with van der Waals surface area (Å²) in [5.41, 5.74) is 7.52. The molecule has 0 aliphatic carbocycles. The molecule has 13 heavy (non-hydrogen) atoms. The van der Waals surface area contributed by atoms with Gasteiger partial charge in [-0.2, -0.15) is 0 Å². The van der Waals surface area contributed by atoms with Crippen molar-refractivity contribution < 1.29 is 0 Å². The van der Waals surface area contributed by atoms with E-state index in [1.54, 1.807) is 0 Å². The second-order valence-corrected chi connectivity index (χ2v) is 3.90. The molecule has 0 aromatic carbocycles. The van der Waals surface area contributed by atoms with Crippen LogP contribution in [0, 0.1) is 6.92 Å². The van der Waals surface area contributed by atoms with Gasteiger partial charge in [-0.3, -0.25) is 0 Å². The van der Waals surface area contributed by atoms with Crippen molar-refractivity contribution in [1.82, 2.24) is 9.97 Å². The van der Waals surface area contributed by atoms with E-state index in [9.17, 15) is 0 Å². The summed E-state index contributed by atoms with van der Waals surface area (Å²) >= 11 is 0. The first-order valence-corrected chi connectivity index (χ1v) is 4.57. The first-order chi connectivity index (χ1) is 5.93. The molecule has 1 rings (SSSR count). The first kappa shape index (κ1) is 10.1. The molecule has 1 aromatic heterocycles. The Labute approximate surface area is 79.4 Å². The van der Waals surface area contributed by atoms with E-state index in [4.69, 9.17) is 5.73 Å². The predicted octanol–water partition coefficient (Wildman–Crippen LogP) is 1.54. The SMILES string of the molecule is CCc1cc(C)nc(C(C)(C)N)n1. The third-order valence-electron chi connectivity index (χ3n) is 1.85. The van der Waals surface area contributed by atoms with Crippen molar-refractivity contribution >= 4 is 0 Å². The molecule has 0 amide bonds. The molecular weight excluding hydrogens is 162 g/mol. The van der Waals surface area contributed by atoms with Crippen LogP contribution < -0.4 is 5.73 Å². The number of aryl methyl sites for hydroxylation is 2. The van der Waals surface area contributed by atoms with Crippen molar-refractivity contribution in [3.8, 4) is 0 Å². The van der Waals surface area contributed by atoms with Crippen molar-refractivity contribution in [2.75, 3.05) is 0 Å². The van der Waals surface area contributed by atoms with E-state index in [2.05, 4.69) is 16.9 Å². The summed E-state index contributed by atoms with van der Waals surface area (Å²) in [5.74, 6) is 0.726. The highest BCUT2D eigenvalue weighted by atomic mass is 15.0. The van der Waals surface area contributed by atoms with Crippen LogP contribution >= 0.6 is 0 Å². The number of nitrogens with two attached hydrogens (primary N) is 1. The van der Waals surface area contributed by atoms with Crippen LogP contribution in [0.3, 0.4) is 0 Å². The summed E-state index contributed by atoms with van der Waals surface area (Å²) < 4.78 is 0. The van der Waals surface area contributed by atoms with Gasteiger partial charge in [0.1, 0.15) is 5.82 Å². The largest absolute Gasteiger partial charge is 0.319 e. The number of hydrogen-bond donors (Lipinski definition) is 1. The molecule has 0 saturated heterocycles. The summed E-state index contributed by atoms with van der Waals surface area (Å²) in [7, 11) is 0. The molecule has 0 fully saturated rings. The molecule has 1 heterocycles. The molecule has 0 saturated carbocycles. The quantitative estimate of drug-likeness (QED) is 0.749. The van der Waals surface area contributed by atoms with Crippen LogP contribution in [0.15, 0.2) is 6.07 Å². The molecule has 0 unspecified atom stereocenters. The van der Waals surface area contributed by atoms with Crippen LogP contribution in [0.4, 0.5) is 0 Å². The molecular formula is C10H17N3. The van der Waals surface area contributed by atoms with Crippen molar-refractivity contribution in [3.63, 3.8) is 0 Å². The van der Waals surface area contributed by atoms with Crippen LogP contribution in [-0.2, 0) is 12.0 Å². The zero-order chi connectivity index (χ0) is 10.1. The number of nitrogens with zero attached hydrogens (tertiary/aromatic N) is 2. The zero-order valence-corrected chi connectivity index (χ0v) is 8.76. The normalized spacial score (nSPS) is 11.8. The van der Waals surface area contributed by atoms with E-state index >= 15 is 0 Å². The van der Waals surface area contributed by atoms with Gasteiger partial charge in [-0.15, -0.1) is 0 Å². The van der Waals surface area contributed by atoms with E-state index in [0.717, 1.165) is 23.6 Å². The Morgan fingerprint density at radius 1 is 1.38 bits per heavy atom. The van der Waals surface area contributed by atoms with Gasteiger partial charge in [0, 0.05) is 11.4 Å². The van der Waals surface area contributed by atoms with Crippen LogP contribution in [0.1, 0.15) is 38.0 Å². The maximum atomic E-state index is 5.92. The van der Waals surface area contributed by atoms with E-state index in [0.29, 0.717) is 0 Å². The molecule has 0 radical (unpaired) electrons. The molecule has 0 aliphatic heterocycles. The number of rotatable bonds is 2. The molecule has 0 atom stereocenters. The second kappa shape index (κ2) is 3.42. The van der Waals surface area contributed by atoms with Gasteiger partial charge in [0.2, 0.25) is 0 Å². The lowest BCUT2D eigenvalue weighted by atomic mass is 10.1. The number of hydrogen-bond acceptors (Lipinski definition) is 3. The predicted molar refractivity (Wildman–Crippen MR) is 53.4 cm³/mol. The van der Waals surface area contributed by atoms with E-state index < -0.39 is 5.54 Å². The van der Waals surface area contributed by atoms with Gasteiger partial charge in [0.25, 0.3) is 0 Å². The Balaban J connectivity index is 3.16. The van der Waals surface area contributed by atoms with Gasteiger partial charge in [-0.1, -0.05) is 6.92 Å². The summed E-state index contributed by atoms with van der Waals surface area (Å²) in [5, 5.41) is 0. The maximum Gasteiger partial charge on any atom is 0.148 e. The average molecular weight is 179 g/mol. The Bertz CT molecular complexity index is 300. The van der Waals surface area contributed by atoms with Crippen LogP contribution in [0.5, 0.6) is 0 Å². The van der Waals surface area contributed by atoms with Gasteiger partial charge in [0.15, 0.2) is 0 Å². The second-order valence-electron chi connectivity index (χ2n) is 3.90. The van der Waals surface area contributed by atoms with Gasteiger partial charge in [0.05, 0.1) is 5.54 Å². The molecule has 0 aliphatic rings. The number of aromatic nitrogens is 2. The summed E-state index contributed by atoms with van der Waals surface area (Å²) in [6.45, 7) is 7.88. The highest BCUT2D eigenvalue weighted by molar-refractivity contribution is 5.13. The van der Waals surface area contributed by atoms with Gasteiger partial charge in [-0.25, -0.2) is 9.97 Å². The monoisotopic (exact) mass is 179 g/mol. The summed E-state index contributed by atoms with van der Waals surface area (Å²) in [4.78, 5) is 8.70. The molecule has 2 N–H and O–H groups in total. The standard InChI is InChI=1S/C10H17N3/c1-5-8-6-7(2)12-9(13-8)10(3,4)11/h6H,5,11H2,1-4H3. The highest BCUT2D eigenvalue weighted by Gasteiger charge is 2.18. The Morgan fingerprint density at radius 2 is 2.00 bits per heavy atom. The minimum atomic E-state index is -0.448. The zero-order valence-electron chi connectivity index (χ0n) is 8.76. The lowest BCUT2D eigenvalue weighted by Gasteiger charge is -2.17. The third-order valence-corrected chi connectivity index (χ3v) is 1.85. The van der Waals surface area contributed by atoms with E-state index in [-0.39, 0.29) is 0 Å². The van der Waals surface area contributed by atoms with Gasteiger partial charge >= 0.3 is 0 Å². The van der Waals surface area contributed by atoms with Gasteiger partial charge < -0.3 is 5.73 Å². The summed E-state index contributed by atoms with van der Waals surface area (Å²) in [6.07, 6.45) is 0.923. The minimum Gasteiger partial charge on any atom is -0.319 e. The lowest BCUT2D eigenvalue weighted by Crippen LogP contribution is -2.31. The fourth-order valence-electron chi connectivity index (χ4n) is 1.10. The van der Waals surface area contributed by atoms with Crippen molar-refractivity contribution in [3.05, 3.63) is 23.3 Å². The van der Waals surface area contributed by atoms with Crippen molar-refractivity contribution in [1.29, 1.82) is 0 Å². The lowest BCUT2D eigenvalue weighted by molar-refractivity contribution is 0.509. The molecule has 0 bridgehead atoms. The molecule has 3 heteroatoms. The third kappa shape index (κ3) is 2.49. The first-order valence-electron chi connectivity index (χ1n) is 4.57. The topological polar surface area (TPSA) is 51.8 Å².